The fourth-order valence-electron chi connectivity index (χ4n) is 3.59. The summed E-state index contributed by atoms with van der Waals surface area (Å²) in [5.74, 6) is 1.12. The maximum absolute atomic E-state index is 10.9. The van der Waals surface area contributed by atoms with E-state index in [-0.39, 0.29) is 0 Å². The van der Waals surface area contributed by atoms with Gasteiger partial charge in [0.05, 0.1) is 6.20 Å². The molecule has 0 aromatic carbocycles. The number of ketones is 1. The number of unbranched alkanes of at least 4 members (excludes halogenated alkanes) is 4. The van der Waals surface area contributed by atoms with Gasteiger partial charge in [-0.3, -0.25) is 4.68 Å². The molecule has 1 aromatic rings. The van der Waals surface area contributed by atoms with Gasteiger partial charge in [0.1, 0.15) is 5.78 Å². The van der Waals surface area contributed by atoms with E-state index in [0.29, 0.717) is 5.78 Å². The zero-order chi connectivity index (χ0) is 17.2. The van der Waals surface area contributed by atoms with E-state index in [2.05, 4.69) is 27.8 Å². The highest BCUT2D eigenvalue weighted by molar-refractivity contribution is 5.75. The van der Waals surface area contributed by atoms with Gasteiger partial charge in [0, 0.05) is 19.2 Å². The van der Waals surface area contributed by atoms with Gasteiger partial charge in [-0.2, -0.15) is 5.10 Å². The number of hydrogen-bond donors (Lipinski definition) is 0. The molecule has 0 atom stereocenters. The normalized spacial score (nSPS) is 16.6. The molecule has 1 aliphatic heterocycles. The van der Waals surface area contributed by atoms with Crippen molar-refractivity contribution >= 4 is 5.78 Å². The van der Waals surface area contributed by atoms with Crippen LogP contribution in [-0.2, 0) is 17.8 Å². The van der Waals surface area contributed by atoms with Crippen molar-refractivity contribution in [2.45, 2.75) is 78.2 Å². The lowest BCUT2D eigenvalue weighted by atomic mass is 9.96. The minimum atomic E-state index is 0.332. The van der Waals surface area contributed by atoms with Crippen LogP contribution < -0.4 is 0 Å². The van der Waals surface area contributed by atoms with Gasteiger partial charge in [-0.05, 0) is 70.1 Å². The highest BCUT2D eigenvalue weighted by Crippen LogP contribution is 2.19. The van der Waals surface area contributed by atoms with Crippen LogP contribution in [0.3, 0.4) is 0 Å². The second kappa shape index (κ2) is 10.7. The highest BCUT2D eigenvalue weighted by atomic mass is 16.1. The molecule has 4 nitrogen and oxygen atoms in total. The molecular formula is C20H35N3O. The molecule has 2 heterocycles. The predicted molar refractivity (Wildman–Crippen MR) is 99.2 cm³/mol. The summed E-state index contributed by atoms with van der Waals surface area (Å²) >= 11 is 0. The molecule has 1 fully saturated rings. The third kappa shape index (κ3) is 7.16. The number of likely N-dealkylation sites (tertiary alicyclic amines) is 1. The van der Waals surface area contributed by atoms with Crippen molar-refractivity contribution in [1.29, 1.82) is 0 Å². The first-order valence-corrected chi connectivity index (χ1v) is 9.90. The first-order valence-electron chi connectivity index (χ1n) is 9.90. The van der Waals surface area contributed by atoms with Gasteiger partial charge in [0.15, 0.2) is 0 Å². The van der Waals surface area contributed by atoms with Crippen LogP contribution in [-0.4, -0.2) is 40.1 Å². The van der Waals surface area contributed by atoms with Crippen molar-refractivity contribution in [2.24, 2.45) is 5.92 Å². The number of piperidine rings is 1. The molecule has 0 saturated carbocycles. The Morgan fingerprint density at radius 3 is 2.54 bits per heavy atom. The van der Waals surface area contributed by atoms with Gasteiger partial charge >= 0.3 is 0 Å². The van der Waals surface area contributed by atoms with Crippen LogP contribution >= 0.6 is 0 Å². The zero-order valence-electron chi connectivity index (χ0n) is 15.7. The lowest BCUT2D eigenvalue weighted by Gasteiger charge is -2.31. The minimum absolute atomic E-state index is 0.332. The fraction of sp³-hybridized carbons (Fsp3) is 0.800. The summed E-state index contributed by atoms with van der Waals surface area (Å²) in [6.45, 7) is 8.71. The molecule has 0 unspecified atom stereocenters. The summed E-state index contributed by atoms with van der Waals surface area (Å²) in [5.41, 5.74) is 1.34. The molecule has 2 rings (SSSR count). The number of aryl methyl sites for hydroxylation is 1. The maximum Gasteiger partial charge on any atom is 0.129 e. The Balaban J connectivity index is 1.50. The van der Waals surface area contributed by atoms with Crippen LogP contribution in [0.2, 0.25) is 0 Å². The number of hydrogen-bond acceptors (Lipinski definition) is 3. The lowest BCUT2D eigenvalue weighted by molar-refractivity contribution is -0.117. The first-order chi connectivity index (χ1) is 11.7. The molecule has 0 N–H and O–H groups in total. The Morgan fingerprint density at radius 1 is 1.17 bits per heavy atom. The molecule has 1 aromatic heterocycles. The fourth-order valence-corrected chi connectivity index (χ4v) is 3.59. The van der Waals surface area contributed by atoms with Crippen molar-refractivity contribution in [1.82, 2.24) is 14.7 Å². The Labute approximate surface area is 147 Å². The quantitative estimate of drug-likeness (QED) is 0.573. The van der Waals surface area contributed by atoms with E-state index in [1.165, 1.54) is 63.7 Å². The molecule has 0 radical (unpaired) electrons. The summed E-state index contributed by atoms with van der Waals surface area (Å²) in [5, 5.41) is 4.48. The number of rotatable bonds is 11. The van der Waals surface area contributed by atoms with Gasteiger partial charge in [0.2, 0.25) is 0 Å². The van der Waals surface area contributed by atoms with Crippen molar-refractivity contribution in [2.75, 3.05) is 19.6 Å². The van der Waals surface area contributed by atoms with Crippen molar-refractivity contribution < 1.29 is 4.79 Å². The highest BCUT2D eigenvalue weighted by Gasteiger charge is 2.19. The first kappa shape index (κ1) is 19.2. The smallest absolute Gasteiger partial charge is 0.129 e. The van der Waals surface area contributed by atoms with Gasteiger partial charge in [-0.25, -0.2) is 0 Å². The van der Waals surface area contributed by atoms with E-state index in [1.54, 1.807) is 6.92 Å². The number of Topliss-reactive ketones (excluding diaryl/α,β-unsaturated/α-hetero) is 1. The van der Waals surface area contributed by atoms with Gasteiger partial charge in [0.25, 0.3) is 0 Å². The molecule has 1 saturated heterocycles. The van der Waals surface area contributed by atoms with E-state index in [0.717, 1.165) is 31.7 Å². The second-order valence-electron chi connectivity index (χ2n) is 7.43. The largest absolute Gasteiger partial charge is 0.303 e. The summed E-state index contributed by atoms with van der Waals surface area (Å²) in [7, 11) is 0. The average molecular weight is 334 g/mol. The molecule has 0 bridgehead atoms. The second-order valence-corrected chi connectivity index (χ2v) is 7.43. The number of aromatic nitrogens is 2. The minimum Gasteiger partial charge on any atom is -0.303 e. The molecular weight excluding hydrogens is 298 g/mol. The molecule has 4 heteroatoms. The molecule has 0 spiro atoms. The lowest BCUT2D eigenvalue weighted by Crippen LogP contribution is -2.35. The van der Waals surface area contributed by atoms with Crippen LogP contribution in [0, 0.1) is 5.92 Å². The topological polar surface area (TPSA) is 38.1 Å². The summed E-state index contributed by atoms with van der Waals surface area (Å²) in [4.78, 5) is 13.5. The van der Waals surface area contributed by atoms with E-state index < -0.39 is 0 Å². The standard InChI is InChI=1S/C20H35N3O/c1-3-19-15-21-23(16-19)17-20-10-13-22(14-11-20)12-8-6-4-5-7-9-18(2)24/h15-16,20H,3-14,17H2,1-2H3. The van der Waals surface area contributed by atoms with E-state index in [4.69, 9.17) is 0 Å². The Bertz CT molecular complexity index is 475. The van der Waals surface area contributed by atoms with E-state index in [9.17, 15) is 4.79 Å². The maximum atomic E-state index is 10.9. The predicted octanol–water partition coefficient (Wildman–Crippen LogP) is 4.09. The Morgan fingerprint density at radius 2 is 1.88 bits per heavy atom. The molecule has 0 aliphatic carbocycles. The molecule has 136 valence electrons. The zero-order valence-corrected chi connectivity index (χ0v) is 15.7. The monoisotopic (exact) mass is 333 g/mol. The van der Waals surface area contributed by atoms with Crippen LogP contribution in [0.4, 0.5) is 0 Å². The molecule has 1 aliphatic rings. The SMILES string of the molecule is CCc1cnn(CC2CCN(CCCCCCCC(C)=O)CC2)c1. The van der Waals surface area contributed by atoms with Gasteiger partial charge in [-0.1, -0.05) is 26.2 Å². The van der Waals surface area contributed by atoms with Crippen molar-refractivity contribution in [3.63, 3.8) is 0 Å². The van der Waals surface area contributed by atoms with Crippen LogP contribution in [0.1, 0.15) is 70.8 Å². The van der Waals surface area contributed by atoms with Crippen LogP contribution in [0.5, 0.6) is 0 Å². The van der Waals surface area contributed by atoms with Crippen LogP contribution in [0.15, 0.2) is 12.4 Å². The summed E-state index contributed by atoms with van der Waals surface area (Å²) < 4.78 is 2.14. The van der Waals surface area contributed by atoms with Gasteiger partial charge in [-0.15, -0.1) is 0 Å². The molecule has 24 heavy (non-hydrogen) atoms. The van der Waals surface area contributed by atoms with Crippen LogP contribution in [0.25, 0.3) is 0 Å². The van der Waals surface area contributed by atoms with Crippen molar-refractivity contribution in [3.8, 4) is 0 Å². The number of nitrogens with zero attached hydrogens (tertiary/aromatic N) is 3. The molecule has 0 amide bonds. The van der Waals surface area contributed by atoms with E-state index >= 15 is 0 Å². The average Bonchev–Trinajstić information content (AvgIpc) is 3.03. The van der Waals surface area contributed by atoms with Crippen molar-refractivity contribution in [3.05, 3.63) is 18.0 Å². The Hall–Kier alpha value is -1.16. The Kier molecular flexibility index (Phi) is 8.51. The van der Waals surface area contributed by atoms with Gasteiger partial charge < -0.3 is 9.69 Å². The van der Waals surface area contributed by atoms with E-state index in [1.807, 2.05) is 6.20 Å². The summed E-state index contributed by atoms with van der Waals surface area (Å²) in [6.07, 6.45) is 14.9. The third-order valence-corrected chi connectivity index (χ3v) is 5.25. The number of carbonyl (C=O) groups is 1. The third-order valence-electron chi connectivity index (χ3n) is 5.25. The summed E-state index contributed by atoms with van der Waals surface area (Å²) in [6, 6.07) is 0. The number of carbonyl (C=O) groups excluding carboxylic acids is 1.